The van der Waals surface area contributed by atoms with Crippen molar-refractivity contribution in [1.29, 1.82) is 0 Å². The minimum Gasteiger partial charge on any atom is -0.496 e. The van der Waals surface area contributed by atoms with Gasteiger partial charge in [0.15, 0.2) is 11.5 Å². The predicted molar refractivity (Wildman–Crippen MR) is 99.1 cm³/mol. The van der Waals surface area contributed by atoms with Crippen molar-refractivity contribution in [2.45, 2.75) is 24.8 Å². The van der Waals surface area contributed by atoms with Crippen molar-refractivity contribution in [2.75, 3.05) is 27.1 Å². The fourth-order valence-corrected chi connectivity index (χ4v) is 3.78. The summed E-state index contributed by atoms with van der Waals surface area (Å²) in [5.74, 6) is 2.18. The highest BCUT2D eigenvalue weighted by Crippen LogP contribution is 2.40. The molecular formula is C21H23NO5. The van der Waals surface area contributed by atoms with Gasteiger partial charge >= 0.3 is 0 Å². The highest BCUT2D eigenvalue weighted by molar-refractivity contribution is 5.89. The Kier molecular flexibility index (Phi) is 4.90. The Bertz CT molecular complexity index is 829. The Morgan fingerprint density at radius 3 is 2.70 bits per heavy atom. The number of ether oxygens (including phenoxy) is 4. The lowest BCUT2D eigenvalue weighted by molar-refractivity contribution is -0.130. The van der Waals surface area contributed by atoms with Crippen LogP contribution in [-0.4, -0.2) is 33.0 Å². The summed E-state index contributed by atoms with van der Waals surface area (Å²) in [7, 11) is 1.64. The van der Waals surface area contributed by atoms with Crippen LogP contribution < -0.4 is 19.5 Å². The van der Waals surface area contributed by atoms with Crippen LogP contribution in [0.1, 0.15) is 24.0 Å². The molecule has 2 heterocycles. The summed E-state index contributed by atoms with van der Waals surface area (Å²) in [6.45, 7) is 1.76. The smallest absolute Gasteiger partial charge is 0.231 e. The van der Waals surface area contributed by atoms with Crippen LogP contribution in [0.25, 0.3) is 0 Å². The van der Waals surface area contributed by atoms with Gasteiger partial charge < -0.3 is 24.3 Å². The van der Waals surface area contributed by atoms with Gasteiger partial charge in [0.1, 0.15) is 5.75 Å². The van der Waals surface area contributed by atoms with Crippen LogP contribution in [-0.2, 0) is 21.5 Å². The van der Waals surface area contributed by atoms with Crippen LogP contribution in [0.4, 0.5) is 0 Å². The molecule has 0 unspecified atom stereocenters. The maximum Gasteiger partial charge on any atom is 0.231 e. The van der Waals surface area contributed by atoms with Gasteiger partial charge in [-0.1, -0.05) is 24.3 Å². The summed E-state index contributed by atoms with van der Waals surface area (Å²) in [5.41, 5.74) is 1.23. The molecule has 2 aromatic rings. The third-order valence-electron chi connectivity index (χ3n) is 5.29. The van der Waals surface area contributed by atoms with Crippen LogP contribution in [0.2, 0.25) is 0 Å². The molecule has 0 radical (unpaired) electrons. The number of benzene rings is 2. The van der Waals surface area contributed by atoms with Gasteiger partial charge in [-0.2, -0.15) is 0 Å². The van der Waals surface area contributed by atoms with Crippen LogP contribution in [0.5, 0.6) is 17.2 Å². The first-order valence-corrected chi connectivity index (χ1v) is 9.11. The number of hydrogen-bond acceptors (Lipinski definition) is 5. The SMILES string of the molecule is COc1ccccc1C1(C(=O)NCc2ccc3c(c2)OCO3)CCOCC1. The molecule has 1 fully saturated rings. The molecule has 6 nitrogen and oxygen atoms in total. The van der Waals surface area contributed by atoms with E-state index < -0.39 is 5.41 Å². The lowest BCUT2D eigenvalue weighted by Crippen LogP contribution is -2.48. The third-order valence-corrected chi connectivity index (χ3v) is 5.29. The average Bonchev–Trinajstić information content (AvgIpc) is 3.20. The van der Waals surface area contributed by atoms with Gasteiger partial charge in [0, 0.05) is 25.3 Å². The molecule has 0 aliphatic carbocycles. The van der Waals surface area contributed by atoms with Crippen molar-refractivity contribution < 1.29 is 23.7 Å². The number of carbonyl (C=O) groups excluding carboxylic acids is 1. The van der Waals surface area contributed by atoms with E-state index in [-0.39, 0.29) is 12.7 Å². The fraction of sp³-hybridized carbons (Fsp3) is 0.381. The van der Waals surface area contributed by atoms with Gasteiger partial charge in [0.05, 0.1) is 12.5 Å². The summed E-state index contributed by atoms with van der Waals surface area (Å²) in [5, 5.41) is 3.10. The van der Waals surface area contributed by atoms with E-state index in [1.54, 1.807) is 7.11 Å². The van der Waals surface area contributed by atoms with E-state index >= 15 is 0 Å². The summed E-state index contributed by atoms with van der Waals surface area (Å²) in [6.07, 6.45) is 1.25. The Labute approximate surface area is 158 Å². The van der Waals surface area contributed by atoms with Crippen molar-refractivity contribution >= 4 is 5.91 Å². The minimum atomic E-state index is -0.652. The molecule has 2 aliphatic rings. The molecule has 27 heavy (non-hydrogen) atoms. The third kappa shape index (κ3) is 3.32. The second-order valence-electron chi connectivity index (χ2n) is 6.77. The predicted octanol–water partition coefficient (Wildman–Crippen LogP) is 2.79. The number of fused-ring (bicyclic) bond motifs is 1. The molecule has 1 amide bonds. The Hall–Kier alpha value is -2.73. The lowest BCUT2D eigenvalue weighted by Gasteiger charge is -2.37. The van der Waals surface area contributed by atoms with E-state index in [1.165, 1.54) is 0 Å². The van der Waals surface area contributed by atoms with E-state index in [0.717, 1.165) is 22.6 Å². The second-order valence-corrected chi connectivity index (χ2v) is 6.77. The molecule has 0 spiro atoms. The molecule has 1 N–H and O–H groups in total. The fourth-order valence-electron chi connectivity index (χ4n) is 3.78. The largest absolute Gasteiger partial charge is 0.496 e. The standard InChI is InChI=1S/C21H23NO5/c1-24-17-5-3-2-4-16(17)21(8-10-25-11-9-21)20(23)22-13-15-6-7-18-19(12-15)27-14-26-18/h2-7,12H,8-11,13-14H2,1H3,(H,22,23). The topological polar surface area (TPSA) is 66.0 Å². The monoisotopic (exact) mass is 369 g/mol. The maximum atomic E-state index is 13.3. The molecule has 0 bridgehead atoms. The van der Waals surface area contributed by atoms with Crippen LogP contribution >= 0.6 is 0 Å². The number of nitrogens with one attached hydrogen (secondary N) is 1. The summed E-state index contributed by atoms with van der Waals surface area (Å²) in [4.78, 5) is 13.3. The van der Waals surface area contributed by atoms with E-state index in [2.05, 4.69) is 5.32 Å². The molecule has 0 atom stereocenters. The van der Waals surface area contributed by atoms with Gasteiger partial charge in [-0.25, -0.2) is 0 Å². The molecule has 2 aliphatic heterocycles. The summed E-state index contributed by atoms with van der Waals surface area (Å²) >= 11 is 0. The van der Waals surface area contributed by atoms with E-state index in [4.69, 9.17) is 18.9 Å². The Morgan fingerprint density at radius 1 is 1.11 bits per heavy atom. The molecule has 0 saturated carbocycles. The van der Waals surface area contributed by atoms with Crippen LogP contribution in [0.3, 0.4) is 0 Å². The quantitative estimate of drug-likeness (QED) is 0.878. The van der Waals surface area contributed by atoms with Crippen LogP contribution in [0.15, 0.2) is 42.5 Å². The highest BCUT2D eigenvalue weighted by atomic mass is 16.7. The lowest BCUT2D eigenvalue weighted by atomic mass is 9.73. The van der Waals surface area contributed by atoms with Crippen LogP contribution in [0, 0.1) is 0 Å². The molecule has 142 valence electrons. The van der Waals surface area contributed by atoms with E-state index in [0.29, 0.717) is 38.3 Å². The maximum absolute atomic E-state index is 13.3. The van der Waals surface area contributed by atoms with Crippen molar-refractivity contribution in [3.8, 4) is 17.2 Å². The number of amides is 1. The average molecular weight is 369 g/mol. The summed E-state index contributed by atoms with van der Waals surface area (Å²) < 4.78 is 21.8. The number of rotatable bonds is 5. The molecular weight excluding hydrogens is 346 g/mol. The van der Waals surface area contributed by atoms with Crippen molar-refractivity contribution in [3.63, 3.8) is 0 Å². The van der Waals surface area contributed by atoms with Gasteiger partial charge in [-0.3, -0.25) is 4.79 Å². The van der Waals surface area contributed by atoms with Gasteiger partial charge in [-0.15, -0.1) is 0 Å². The Balaban J connectivity index is 1.56. The highest BCUT2D eigenvalue weighted by Gasteiger charge is 2.43. The molecule has 4 rings (SSSR count). The number of carbonyl (C=O) groups is 1. The van der Waals surface area contributed by atoms with E-state index in [9.17, 15) is 4.79 Å². The molecule has 1 saturated heterocycles. The van der Waals surface area contributed by atoms with Gasteiger partial charge in [-0.05, 0) is 36.6 Å². The second kappa shape index (κ2) is 7.48. The molecule has 0 aromatic heterocycles. The number of hydrogen-bond donors (Lipinski definition) is 1. The van der Waals surface area contributed by atoms with Crippen molar-refractivity contribution in [2.24, 2.45) is 0 Å². The summed E-state index contributed by atoms with van der Waals surface area (Å²) in [6, 6.07) is 13.5. The minimum absolute atomic E-state index is 0.00651. The number of para-hydroxylation sites is 1. The number of methoxy groups -OCH3 is 1. The first-order valence-electron chi connectivity index (χ1n) is 9.11. The van der Waals surface area contributed by atoms with Gasteiger partial charge in [0.25, 0.3) is 0 Å². The van der Waals surface area contributed by atoms with Crippen molar-refractivity contribution in [3.05, 3.63) is 53.6 Å². The zero-order chi connectivity index (χ0) is 18.7. The van der Waals surface area contributed by atoms with Crippen molar-refractivity contribution in [1.82, 2.24) is 5.32 Å². The zero-order valence-corrected chi connectivity index (χ0v) is 15.3. The first-order chi connectivity index (χ1) is 13.2. The zero-order valence-electron chi connectivity index (χ0n) is 15.3. The molecule has 6 heteroatoms. The van der Waals surface area contributed by atoms with E-state index in [1.807, 2.05) is 42.5 Å². The Morgan fingerprint density at radius 2 is 1.89 bits per heavy atom. The molecule has 2 aromatic carbocycles. The normalized spacial score (nSPS) is 17.4. The first kappa shape index (κ1) is 17.7. The van der Waals surface area contributed by atoms with Gasteiger partial charge in [0.2, 0.25) is 12.7 Å².